The summed E-state index contributed by atoms with van der Waals surface area (Å²) in [5.74, 6) is 2.35. The van der Waals surface area contributed by atoms with E-state index >= 15 is 0 Å². The van der Waals surface area contributed by atoms with Crippen molar-refractivity contribution in [3.8, 4) is 0 Å². The van der Waals surface area contributed by atoms with Crippen LogP contribution < -0.4 is 32.9 Å². The molecule has 3 aromatic rings. The van der Waals surface area contributed by atoms with Gasteiger partial charge in [0.2, 0.25) is 0 Å². The van der Waals surface area contributed by atoms with E-state index in [1.54, 1.807) is 0 Å². The summed E-state index contributed by atoms with van der Waals surface area (Å²) in [4.78, 5) is 0. The van der Waals surface area contributed by atoms with Crippen LogP contribution in [0.15, 0.2) is 116 Å². The predicted octanol–water partition coefficient (Wildman–Crippen LogP) is 1.68. The van der Waals surface area contributed by atoms with Gasteiger partial charge >= 0.3 is 0 Å². The van der Waals surface area contributed by atoms with Crippen LogP contribution in [-0.2, 0) is 0 Å². The lowest BCUT2D eigenvalue weighted by Crippen LogP contribution is -3.00. The number of hydrogen-bond acceptors (Lipinski definition) is 0. The van der Waals surface area contributed by atoms with Crippen LogP contribution in [0.4, 0.5) is 0 Å². The van der Waals surface area contributed by atoms with Crippen LogP contribution in [0, 0.1) is 0 Å². The lowest BCUT2D eigenvalue weighted by Gasteiger charge is -2.23. The molecule has 0 aliphatic heterocycles. The van der Waals surface area contributed by atoms with Gasteiger partial charge < -0.3 is 17.0 Å². The van der Waals surface area contributed by atoms with Gasteiger partial charge in [-0.1, -0.05) is 67.3 Å². The number of halogens is 1. The Balaban J connectivity index is 0.00000208. The topological polar surface area (TPSA) is 0 Å². The molecule has 0 nitrogen and oxygen atoms in total. The normalized spacial score (nSPS) is 11.0. The van der Waals surface area contributed by atoms with E-state index in [4.69, 9.17) is 0 Å². The quantitative estimate of drug-likeness (QED) is 0.456. The van der Waals surface area contributed by atoms with Gasteiger partial charge in [0, 0.05) is 0 Å². The standard InChI is InChI=1S/C22H20P.BrH/c1-2-3-19-23(20-13-7-4-8-14-20,21-15-9-5-10-16-21)22-17-11-6-12-18-22;/h2-19H,1H2;1H/q+1;/p-1/b19-3+;. The molecule has 3 aromatic carbocycles. The van der Waals surface area contributed by atoms with Crippen LogP contribution in [0.1, 0.15) is 0 Å². The van der Waals surface area contributed by atoms with Crippen LogP contribution in [0.3, 0.4) is 0 Å². The molecular formula is C22H20BrP. The van der Waals surface area contributed by atoms with Crippen molar-refractivity contribution in [3.05, 3.63) is 116 Å². The van der Waals surface area contributed by atoms with Crippen molar-refractivity contribution in [3.63, 3.8) is 0 Å². The maximum atomic E-state index is 3.88. The highest BCUT2D eigenvalue weighted by molar-refractivity contribution is 7.98. The number of allylic oxidation sites excluding steroid dienone is 2. The molecule has 0 fully saturated rings. The van der Waals surface area contributed by atoms with E-state index in [0.717, 1.165) is 0 Å². The summed E-state index contributed by atoms with van der Waals surface area (Å²) in [6.45, 7) is 3.88. The maximum Gasteiger partial charge on any atom is 0.136 e. The van der Waals surface area contributed by atoms with E-state index in [1.165, 1.54) is 15.9 Å². The van der Waals surface area contributed by atoms with Crippen molar-refractivity contribution in [2.45, 2.75) is 0 Å². The van der Waals surface area contributed by atoms with Crippen molar-refractivity contribution in [2.24, 2.45) is 0 Å². The Morgan fingerprint density at radius 3 is 1.21 bits per heavy atom. The van der Waals surface area contributed by atoms with E-state index in [2.05, 4.69) is 109 Å². The van der Waals surface area contributed by atoms with Gasteiger partial charge in [0.05, 0.1) is 5.82 Å². The molecule has 2 heteroatoms. The molecule has 0 saturated heterocycles. The van der Waals surface area contributed by atoms with E-state index in [-0.39, 0.29) is 17.0 Å². The molecule has 0 atom stereocenters. The van der Waals surface area contributed by atoms with Gasteiger partial charge in [-0.15, -0.1) is 0 Å². The second kappa shape index (κ2) is 8.78. The lowest BCUT2D eigenvalue weighted by molar-refractivity contribution is -0.00000440. The molecule has 24 heavy (non-hydrogen) atoms. The van der Waals surface area contributed by atoms with Gasteiger partial charge in [-0.2, -0.15) is 0 Å². The Labute approximate surface area is 155 Å². The molecule has 0 radical (unpaired) electrons. The molecule has 0 spiro atoms. The zero-order chi connectivity index (χ0) is 16.0. The Bertz CT molecular complexity index is 683. The van der Waals surface area contributed by atoms with E-state index in [9.17, 15) is 0 Å². The fourth-order valence-electron chi connectivity index (χ4n) is 2.88. The zero-order valence-electron chi connectivity index (χ0n) is 13.4. The molecule has 0 aliphatic rings. The molecule has 0 aromatic heterocycles. The SMILES string of the molecule is C=C/C=C/[P+](c1ccccc1)(c1ccccc1)c1ccccc1.[Br-]. The molecular weight excluding hydrogens is 375 g/mol. The summed E-state index contributed by atoms with van der Waals surface area (Å²) in [5, 5.41) is 4.07. The van der Waals surface area contributed by atoms with Gasteiger partial charge in [-0.3, -0.25) is 0 Å². The highest BCUT2D eigenvalue weighted by Gasteiger charge is 2.42. The minimum Gasteiger partial charge on any atom is -1.00 e. The first-order chi connectivity index (χ1) is 11.4. The van der Waals surface area contributed by atoms with Crippen LogP contribution in [-0.4, -0.2) is 0 Å². The summed E-state index contributed by atoms with van der Waals surface area (Å²) in [5.41, 5.74) is 0. The number of hydrogen-bond donors (Lipinski definition) is 0. The smallest absolute Gasteiger partial charge is 0.136 e. The molecule has 0 saturated carbocycles. The van der Waals surface area contributed by atoms with Crippen molar-refractivity contribution >= 4 is 23.2 Å². The van der Waals surface area contributed by atoms with Crippen molar-refractivity contribution in [2.75, 3.05) is 0 Å². The van der Waals surface area contributed by atoms with E-state index < -0.39 is 7.26 Å². The second-order valence-electron chi connectivity index (χ2n) is 5.31. The average Bonchev–Trinajstić information content (AvgIpc) is 2.65. The van der Waals surface area contributed by atoms with Crippen LogP contribution >= 0.6 is 7.26 Å². The van der Waals surface area contributed by atoms with E-state index in [0.29, 0.717) is 0 Å². The van der Waals surface area contributed by atoms with Gasteiger partial charge in [-0.25, -0.2) is 0 Å². The number of benzene rings is 3. The average molecular weight is 395 g/mol. The zero-order valence-corrected chi connectivity index (χ0v) is 15.9. The molecule has 120 valence electrons. The largest absolute Gasteiger partial charge is 1.00 e. The fraction of sp³-hybridized carbons (Fsp3) is 0. The first-order valence-corrected chi connectivity index (χ1v) is 9.59. The van der Waals surface area contributed by atoms with E-state index in [1.807, 2.05) is 6.08 Å². The fourth-order valence-corrected chi connectivity index (χ4v) is 6.60. The summed E-state index contributed by atoms with van der Waals surface area (Å²) >= 11 is 0. The van der Waals surface area contributed by atoms with Crippen LogP contribution in [0.25, 0.3) is 0 Å². The summed E-state index contributed by atoms with van der Waals surface area (Å²) in [7, 11) is -1.82. The minimum atomic E-state index is -1.82. The van der Waals surface area contributed by atoms with Gasteiger partial charge in [0.1, 0.15) is 23.2 Å². The highest BCUT2D eigenvalue weighted by atomic mass is 79.9. The van der Waals surface area contributed by atoms with Crippen molar-refractivity contribution in [1.82, 2.24) is 0 Å². The predicted molar refractivity (Wildman–Crippen MR) is 104 cm³/mol. The Morgan fingerprint density at radius 1 is 0.583 bits per heavy atom. The molecule has 0 aliphatic carbocycles. The summed E-state index contributed by atoms with van der Waals surface area (Å²) in [6, 6.07) is 32.4. The monoisotopic (exact) mass is 394 g/mol. The third-order valence-electron chi connectivity index (χ3n) is 3.94. The molecule has 0 N–H and O–H groups in total. The first kappa shape index (κ1) is 18.4. The van der Waals surface area contributed by atoms with Gasteiger partial charge in [0.25, 0.3) is 0 Å². The first-order valence-electron chi connectivity index (χ1n) is 7.74. The van der Waals surface area contributed by atoms with Gasteiger partial charge in [0.15, 0.2) is 0 Å². The Morgan fingerprint density at radius 2 is 0.917 bits per heavy atom. The summed E-state index contributed by atoms with van der Waals surface area (Å²) in [6.07, 6.45) is 3.95. The highest BCUT2D eigenvalue weighted by Crippen LogP contribution is 2.56. The van der Waals surface area contributed by atoms with Crippen LogP contribution in [0.2, 0.25) is 0 Å². The van der Waals surface area contributed by atoms with Gasteiger partial charge in [-0.05, 0) is 42.5 Å². The van der Waals surface area contributed by atoms with Crippen LogP contribution in [0.5, 0.6) is 0 Å². The van der Waals surface area contributed by atoms with Crippen molar-refractivity contribution < 1.29 is 17.0 Å². The van der Waals surface area contributed by atoms with Crippen molar-refractivity contribution in [1.29, 1.82) is 0 Å². The maximum absolute atomic E-state index is 3.88. The second-order valence-corrected chi connectivity index (χ2v) is 8.60. The Kier molecular flexibility index (Phi) is 6.73. The molecule has 3 rings (SSSR count). The number of rotatable bonds is 5. The lowest BCUT2D eigenvalue weighted by atomic mass is 10.4. The Hall–Kier alpha value is -1.95. The third kappa shape index (κ3) is 3.59. The molecule has 0 unspecified atom stereocenters. The molecule has 0 heterocycles. The molecule has 0 bridgehead atoms. The molecule has 0 amide bonds. The third-order valence-corrected chi connectivity index (χ3v) is 7.89. The summed E-state index contributed by atoms with van der Waals surface area (Å²) < 4.78 is 0. The minimum absolute atomic E-state index is 0.